The Balaban J connectivity index is 2.21. The van der Waals surface area contributed by atoms with Gasteiger partial charge in [0, 0.05) is 24.3 Å². The van der Waals surface area contributed by atoms with Gasteiger partial charge in [-0.3, -0.25) is 9.59 Å². The number of aryl methyl sites for hydroxylation is 1. The van der Waals surface area contributed by atoms with Gasteiger partial charge in [0.25, 0.3) is 11.8 Å². The van der Waals surface area contributed by atoms with Crippen molar-refractivity contribution in [3.8, 4) is 0 Å². The molecule has 1 aromatic heterocycles. The lowest BCUT2D eigenvalue weighted by molar-refractivity contribution is 0.0961. The predicted octanol–water partition coefficient (Wildman–Crippen LogP) is 4.04. The molecule has 8 heteroatoms. The minimum absolute atomic E-state index is 0.200. The largest absolute Gasteiger partial charge is 0.359 e. The van der Waals surface area contributed by atoms with E-state index in [1.54, 1.807) is 25.2 Å². The van der Waals surface area contributed by atoms with Crippen molar-refractivity contribution in [2.75, 3.05) is 17.7 Å². The van der Waals surface area contributed by atoms with E-state index in [0.29, 0.717) is 25.9 Å². The predicted molar refractivity (Wildman–Crippen MR) is 106 cm³/mol. The van der Waals surface area contributed by atoms with Crippen LogP contribution in [-0.4, -0.2) is 29.9 Å². The molecule has 2 amide bonds. The molecular formula is C17H21BrN4O2S. The number of benzene rings is 1. The second kappa shape index (κ2) is 8.44. The number of anilines is 2. The normalized spacial score (nSPS) is 11.7. The molecule has 25 heavy (non-hydrogen) atoms. The fourth-order valence-corrected chi connectivity index (χ4v) is 3.62. The van der Waals surface area contributed by atoms with Crippen LogP contribution in [0.15, 0.2) is 22.8 Å². The van der Waals surface area contributed by atoms with Gasteiger partial charge >= 0.3 is 0 Å². The van der Waals surface area contributed by atoms with Crippen LogP contribution in [0.3, 0.4) is 0 Å². The number of hydrogen-bond acceptors (Lipinski definition) is 5. The number of rotatable bonds is 6. The third kappa shape index (κ3) is 4.79. The Hall–Kier alpha value is -1.93. The third-order valence-electron chi connectivity index (χ3n) is 3.75. The second-order valence-electron chi connectivity index (χ2n) is 5.66. The lowest BCUT2D eigenvalue weighted by atomic mass is 10.1. The molecule has 0 aliphatic carbocycles. The monoisotopic (exact) mass is 424 g/mol. The summed E-state index contributed by atoms with van der Waals surface area (Å²) in [5, 5.41) is 9.39. The van der Waals surface area contributed by atoms with Crippen LogP contribution in [0.4, 0.5) is 10.8 Å². The van der Waals surface area contributed by atoms with Crippen molar-refractivity contribution in [3.63, 3.8) is 0 Å². The summed E-state index contributed by atoms with van der Waals surface area (Å²) in [6.07, 6.45) is 0.963. The molecule has 0 radical (unpaired) electrons. The maximum atomic E-state index is 12.6. The molecule has 134 valence electrons. The molecule has 1 heterocycles. The summed E-state index contributed by atoms with van der Waals surface area (Å²) in [6.45, 7) is 6.01. The van der Waals surface area contributed by atoms with E-state index in [0.717, 1.165) is 12.0 Å². The molecule has 3 N–H and O–H groups in total. The van der Waals surface area contributed by atoms with Gasteiger partial charge in [0.2, 0.25) is 0 Å². The number of nitrogens with zero attached hydrogens (tertiary/aromatic N) is 1. The van der Waals surface area contributed by atoms with E-state index >= 15 is 0 Å². The zero-order valence-corrected chi connectivity index (χ0v) is 17.0. The van der Waals surface area contributed by atoms with Crippen molar-refractivity contribution in [1.29, 1.82) is 0 Å². The van der Waals surface area contributed by atoms with E-state index in [9.17, 15) is 9.59 Å². The molecule has 0 saturated heterocycles. The van der Waals surface area contributed by atoms with Gasteiger partial charge in [-0.15, -0.1) is 0 Å². The SMILES string of the molecule is CC[C@@H](C)Nc1nc(Br)c(C(=O)Nc2cc(C(=O)NC)ccc2C)s1. The van der Waals surface area contributed by atoms with Crippen molar-refractivity contribution in [2.24, 2.45) is 0 Å². The first-order chi connectivity index (χ1) is 11.8. The number of aromatic nitrogens is 1. The summed E-state index contributed by atoms with van der Waals surface area (Å²) in [5.41, 5.74) is 1.97. The van der Waals surface area contributed by atoms with Crippen LogP contribution in [0.5, 0.6) is 0 Å². The summed E-state index contributed by atoms with van der Waals surface area (Å²) in [5.74, 6) is -0.465. The fourth-order valence-electron chi connectivity index (χ4n) is 2.04. The number of carbonyl (C=O) groups is 2. The van der Waals surface area contributed by atoms with Crippen molar-refractivity contribution >= 4 is 49.9 Å². The molecule has 6 nitrogen and oxygen atoms in total. The molecule has 0 bridgehead atoms. The molecule has 0 spiro atoms. The maximum Gasteiger partial charge on any atom is 0.268 e. The highest BCUT2D eigenvalue weighted by Gasteiger charge is 2.18. The Morgan fingerprint density at radius 3 is 2.68 bits per heavy atom. The molecule has 0 fully saturated rings. The Morgan fingerprint density at radius 1 is 1.32 bits per heavy atom. The minimum Gasteiger partial charge on any atom is -0.359 e. The van der Waals surface area contributed by atoms with Crippen LogP contribution >= 0.6 is 27.3 Å². The van der Waals surface area contributed by atoms with Gasteiger partial charge in [-0.05, 0) is 53.9 Å². The number of thiazole rings is 1. The van der Waals surface area contributed by atoms with E-state index in [1.807, 2.05) is 6.92 Å². The Bertz CT molecular complexity index is 791. The van der Waals surface area contributed by atoms with Gasteiger partial charge < -0.3 is 16.0 Å². The summed E-state index contributed by atoms with van der Waals surface area (Å²) in [4.78, 5) is 29.2. The molecule has 0 aliphatic heterocycles. The van der Waals surface area contributed by atoms with Crippen molar-refractivity contribution in [3.05, 3.63) is 38.8 Å². The summed E-state index contributed by atoms with van der Waals surface area (Å²) in [7, 11) is 1.57. The highest BCUT2D eigenvalue weighted by molar-refractivity contribution is 9.10. The number of amides is 2. The third-order valence-corrected chi connectivity index (χ3v) is 5.57. The van der Waals surface area contributed by atoms with Crippen molar-refractivity contribution in [2.45, 2.75) is 33.2 Å². The molecule has 2 rings (SSSR count). The Morgan fingerprint density at radius 2 is 2.04 bits per heavy atom. The highest BCUT2D eigenvalue weighted by atomic mass is 79.9. The zero-order valence-electron chi connectivity index (χ0n) is 14.6. The van der Waals surface area contributed by atoms with Crippen LogP contribution in [-0.2, 0) is 0 Å². The maximum absolute atomic E-state index is 12.6. The Labute approximate surface area is 159 Å². The fraction of sp³-hybridized carbons (Fsp3) is 0.353. The molecule has 1 atom stereocenters. The second-order valence-corrected chi connectivity index (χ2v) is 7.41. The number of halogens is 1. The quantitative estimate of drug-likeness (QED) is 0.653. The van der Waals surface area contributed by atoms with E-state index < -0.39 is 0 Å². The van der Waals surface area contributed by atoms with Crippen molar-refractivity contribution in [1.82, 2.24) is 10.3 Å². The van der Waals surface area contributed by atoms with Gasteiger partial charge in [-0.2, -0.15) is 0 Å². The van der Waals surface area contributed by atoms with E-state index in [1.165, 1.54) is 11.3 Å². The van der Waals surface area contributed by atoms with Crippen LogP contribution in [0, 0.1) is 6.92 Å². The average Bonchev–Trinajstić information content (AvgIpc) is 2.96. The van der Waals surface area contributed by atoms with Gasteiger partial charge in [-0.1, -0.05) is 24.3 Å². The molecule has 0 saturated carbocycles. The summed E-state index contributed by atoms with van der Waals surface area (Å²) >= 11 is 4.64. The topological polar surface area (TPSA) is 83.1 Å². The van der Waals surface area contributed by atoms with Crippen LogP contribution in [0.1, 0.15) is 45.9 Å². The summed E-state index contributed by atoms with van der Waals surface area (Å²) < 4.78 is 0.501. The minimum atomic E-state index is -0.265. The number of carbonyl (C=O) groups excluding carboxylic acids is 2. The Kier molecular flexibility index (Phi) is 6.55. The zero-order chi connectivity index (χ0) is 18.6. The summed E-state index contributed by atoms with van der Waals surface area (Å²) in [6, 6.07) is 5.47. The smallest absolute Gasteiger partial charge is 0.268 e. The highest BCUT2D eigenvalue weighted by Crippen LogP contribution is 2.29. The lowest BCUT2D eigenvalue weighted by Crippen LogP contribution is -2.18. The first kappa shape index (κ1) is 19.4. The first-order valence-corrected chi connectivity index (χ1v) is 9.53. The van der Waals surface area contributed by atoms with Crippen LogP contribution < -0.4 is 16.0 Å². The first-order valence-electron chi connectivity index (χ1n) is 7.92. The number of hydrogen-bond donors (Lipinski definition) is 3. The standard InChI is InChI=1S/C17H21BrN4O2S/c1-5-10(3)20-17-22-14(18)13(25-17)16(24)21-12-8-11(15(23)19-4)7-6-9(12)2/h6-8,10H,5H2,1-4H3,(H,19,23)(H,20,22)(H,21,24)/t10-/m1/s1. The van der Waals surface area contributed by atoms with Gasteiger partial charge in [0.05, 0.1) is 0 Å². The lowest BCUT2D eigenvalue weighted by Gasteiger charge is -2.10. The molecule has 1 aromatic carbocycles. The van der Waals surface area contributed by atoms with Crippen LogP contribution in [0.2, 0.25) is 0 Å². The molecule has 0 aliphatic rings. The average molecular weight is 425 g/mol. The van der Waals surface area contributed by atoms with E-state index in [-0.39, 0.29) is 17.9 Å². The van der Waals surface area contributed by atoms with Gasteiger partial charge in [0.1, 0.15) is 9.48 Å². The molecule has 0 unspecified atom stereocenters. The van der Waals surface area contributed by atoms with Gasteiger partial charge in [-0.25, -0.2) is 4.98 Å². The van der Waals surface area contributed by atoms with Gasteiger partial charge in [0.15, 0.2) is 5.13 Å². The number of nitrogens with one attached hydrogen (secondary N) is 3. The van der Waals surface area contributed by atoms with E-state index in [4.69, 9.17) is 0 Å². The van der Waals surface area contributed by atoms with Crippen LogP contribution in [0.25, 0.3) is 0 Å². The molecule has 2 aromatic rings. The molecular weight excluding hydrogens is 404 g/mol. The van der Waals surface area contributed by atoms with E-state index in [2.05, 4.69) is 50.7 Å². The van der Waals surface area contributed by atoms with Crippen molar-refractivity contribution < 1.29 is 9.59 Å².